The Labute approximate surface area is 250 Å². The first-order valence-electron chi connectivity index (χ1n) is 13.8. The smallest absolute Gasteiger partial charge is 0.328 e. The van der Waals surface area contributed by atoms with E-state index in [1.807, 2.05) is 6.92 Å². The zero-order valence-electron chi connectivity index (χ0n) is 25.0. The maximum atomic E-state index is 13.6. The summed E-state index contributed by atoms with van der Waals surface area (Å²) in [6.45, 7) is 3.53. The van der Waals surface area contributed by atoms with Crippen LogP contribution in [0.3, 0.4) is 0 Å². The second-order valence-corrected chi connectivity index (χ2v) is 11.5. The minimum absolute atomic E-state index is 0.0544. The van der Waals surface area contributed by atoms with Gasteiger partial charge < -0.3 is 29.4 Å². The van der Waals surface area contributed by atoms with Crippen LogP contribution in [0.15, 0.2) is 58.2 Å². The van der Waals surface area contributed by atoms with Crippen molar-refractivity contribution in [2.75, 3.05) is 38.7 Å². The van der Waals surface area contributed by atoms with Gasteiger partial charge in [-0.2, -0.15) is 0 Å². The lowest BCUT2D eigenvalue weighted by atomic mass is 10.2. The third kappa shape index (κ3) is 7.17. The number of nitrogens with zero attached hydrogens (tertiary/aromatic N) is 2. The van der Waals surface area contributed by atoms with Gasteiger partial charge in [0.1, 0.15) is 17.2 Å². The van der Waals surface area contributed by atoms with Gasteiger partial charge >= 0.3 is 5.69 Å². The molecule has 4 rings (SSSR count). The zero-order valence-corrected chi connectivity index (χ0v) is 25.8. The van der Waals surface area contributed by atoms with Crippen LogP contribution in [0.25, 0.3) is 11.0 Å². The summed E-state index contributed by atoms with van der Waals surface area (Å²) in [6.07, 6.45) is 2.42. The van der Waals surface area contributed by atoms with Crippen LogP contribution in [0.5, 0.6) is 34.5 Å². The Bertz CT molecular complexity index is 1750. The fraction of sp³-hybridized carbons (Fsp3) is 0.367. The van der Waals surface area contributed by atoms with Gasteiger partial charge in [0.25, 0.3) is 10.0 Å². The first-order chi connectivity index (χ1) is 20.6. The van der Waals surface area contributed by atoms with Crippen molar-refractivity contribution in [1.29, 1.82) is 0 Å². The number of benzene rings is 3. The number of ether oxygens (including phenoxy) is 5. The predicted octanol–water partition coefficient (Wildman–Crippen LogP) is 4.39. The number of fused-ring (bicyclic) bond motifs is 1. The van der Waals surface area contributed by atoms with E-state index in [2.05, 4.69) is 4.72 Å². The van der Waals surface area contributed by atoms with Gasteiger partial charge in [0.05, 0.1) is 49.0 Å². The standard InChI is InChI=1S/C30H38N4O8S/c1-6-12-40-20-14-21(41-13-8-7-11-31)16-22(15-20)42-28-19-26-25(33(2)30(35)34(26)3)18-24(28)32-43(36,37)23-9-10-27(38-4)29(17-23)39-5/h9-10,14-19,32H,6-8,11-13,31H2,1-5H3. The molecule has 43 heavy (non-hydrogen) atoms. The highest BCUT2D eigenvalue weighted by molar-refractivity contribution is 7.92. The van der Waals surface area contributed by atoms with Crippen LogP contribution in [0.2, 0.25) is 0 Å². The largest absolute Gasteiger partial charge is 0.493 e. The molecule has 0 saturated heterocycles. The molecule has 0 atom stereocenters. The Morgan fingerprint density at radius 3 is 2.05 bits per heavy atom. The lowest BCUT2D eigenvalue weighted by Gasteiger charge is -2.17. The number of imidazole rings is 1. The molecule has 0 aliphatic carbocycles. The first kappa shape index (κ1) is 31.6. The molecule has 0 aliphatic rings. The number of hydrogen-bond donors (Lipinski definition) is 2. The number of hydrogen-bond acceptors (Lipinski definition) is 9. The normalized spacial score (nSPS) is 11.4. The molecule has 0 unspecified atom stereocenters. The Morgan fingerprint density at radius 2 is 1.42 bits per heavy atom. The van der Waals surface area contributed by atoms with Crippen molar-refractivity contribution in [2.24, 2.45) is 19.8 Å². The van der Waals surface area contributed by atoms with E-state index < -0.39 is 10.0 Å². The van der Waals surface area contributed by atoms with Gasteiger partial charge in [0.2, 0.25) is 0 Å². The average molecular weight is 615 g/mol. The van der Waals surface area contributed by atoms with E-state index in [-0.39, 0.29) is 27.8 Å². The summed E-state index contributed by atoms with van der Waals surface area (Å²) in [4.78, 5) is 12.7. The summed E-state index contributed by atoms with van der Waals surface area (Å²) in [7, 11) is 2.00. The Morgan fingerprint density at radius 1 is 0.791 bits per heavy atom. The van der Waals surface area contributed by atoms with Crippen molar-refractivity contribution in [2.45, 2.75) is 31.1 Å². The Balaban J connectivity index is 1.78. The number of unbranched alkanes of at least 4 members (excludes halogenated alkanes) is 1. The maximum absolute atomic E-state index is 13.6. The highest BCUT2D eigenvalue weighted by Gasteiger charge is 2.22. The fourth-order valence-electron chi connectivity index (χ4n) is 4.43. The van der Waals surface area contributed by atoms with E-state index >= 15 is 0 Å². The maximum Gasteiger partial charge on any atom is 0.328 e. The minimum Gasteiger partial charge on any atom is -0.493 e. The Kier molecular flexibility index (Phi) is 10.1. The predicted molar refractivity (Wildman–Crippen MR) is 165 cm³/mol. The molecule has 0 fully saturated rings. The van der Waals surface area contributed by atoms with Crippen molar-refractivity contribution in [1.82, 2.24) is 9.13 Å². The Hall–Kier alpha value is -4.36. The van der Waals surface area contributed by atoms with Gasteiger partial charge in [-0.3, -0.25) is 13.9 Å². The molecule has 3 N–H and O–H groups in total. The second-order valence-electron chi connectivity index (χ2n) is 9.79. The lowest BCUT2D eigenvalue weighted by Crippen LogP contribution is -2.19. The molecule has 1 heterocycles. The highest BCUT2D eigenvalue weighted by atomic mass is 32.2. The van der Waals surface area contributed by atoms with Crippen LogP contribution in [-0.2, 0) is 24.1 Å². The molecule has 12 nitrogen and oxygen atoms in total. The number of nitrogens with one attached hydrogen (secondary N) is 1. The molecule has 3 aromatic carbocycles. The van der Waals surface area contributed by atoms with E-state index in [9.17, 15) is 13.2 Å². The van der Waals surface area contributed by atoms with Crippen molar-refractivity contribution in [3.63, 3.8) is 0 Å². The van der Waals surface area contributed by atoms with E-state index in [1.165, 1.54) is 41.6 Å². The number of aryl methyl sites for hydroxylation is 2. The summed E-state index contributed by atoms with van der Waals surface area (Å²) in [5, 5.41) is 0. The number of rotatable bonds is 15. The van der Waals surface area contributed by atoms with Gasteiger partial charge in [-0.15, -0.1) is 0 Å². The highest BCUT2D eigenvalue weighted by Crippen LogP contribution is 2.38. The van der Waals surface area contributed by atoms with Crippen molar-refractivity contribution in [3.05, 3.63) is 59.0 Å². The number of sulfonamides is 1. The van der Waals surface area contributed by atoms with Gasteiger partial charge in [0.15, 0.2) is 17.2 Å². The minimum atomic E-state index is -4.14. The van der Waals surface area contributed by atoms with Gasteiger partial charge in [-0.1, -0.05) is 6.92 Å². The summed E-state index contributed by atoms with van der Waals surface area (Å²) in [5.41, 5.74) is 6.50. The van der Waals surface area contributed by atoms with Crippen molar-refractivity contribution >= 4 is 26.7 Å². The quantitative estimate of drug-likeness (QED) is 0.186. The lowest BCUT2D eigenvalue weighted by molar-refractivity contribution is 0.294. The van der Waals surface area contributed by atoms with Crippen LogP contribution in [-0.4, -0.2) is 51.5 Å². The van der Waals surface area contributed by atoms with E-state index in [0.717, 1.165) is 19.3 Å². The molecule has 0 aliphatic heterocycles. The SMILES string of the molecule is CCCOc1cc(OCCCCN)cc(Oc2cc3c(cc2NS(=O)(=O)c2ccc(OC)c(OC)c2)n(C)c(=O)n3C)c1. The topological polar surface area (TPSA) is 145 Å². The van der Waals surface area contributed by atoms with Crippen LogP contribution < -0.4 is 39.8 Å². The van der Waals surface area contributed by atoms with Crippen LogP contribution in [0.4, 0.5) is 5.69 Å². The van der Waals surface area contributed by atoms with Gasteiger partial charge in [-0.05, 0) is 44.0 Å². The van der Waals surface area contributed by atoms with Crippen LogP contribution >= 0.6 is 0 Å². The van der Waals surface area contributed by atoms with Crippen LogP contribution in [0, 0.1) is 0 Å². The molecule has 4 aromatic rings. The molecular formula is C30H38N4O8S. The van der Waals surface area contributed by atoms with E-state index in [0.29, 0.717) is 53.8 Å². The van der Waals surface area contributed by atoms with E-state index in [1.54, 1.807) is 44.4 Å². The zero-order chi connectivity index (χ0) is 31.1. The van der Waals surface area contributed by atoms with Gasteiger partial charge in [0, 0.05) is 44.4 Å². The number of methoxy groups -OCH3 is 2. The third-order valence-corrected chi connectivity index (χ3v) is 8.07. The molecule has 0 spiro atoms. The molecule has 0 amide bonds. The molecule has 13 heteroatoms. The van der Waals surface area contributed by atoms with E-state index in [4.69, 9.17) is 29.4 Å². The third-order valence-electron chi connectivity index (χ3n) is 6.70. The molecule has 0 bridgehead atoms. The van der Waals surface area contributed by atoms with Crippen molar-refractivity contribution in [3.8, 4) is 34.5 Å². The summed E-state index contributed by atoms with van der Waals surface area (Å²) in [5.74, 6) is 2.23. The second kappa shape index (κ2) is 13.7. The fourth-order valence-corrected chi connectivity index (χ4v) is 5.51. The molecule has 0 radical (unpaired) electrons. The first-order valence-corrected chi connectivity index (χ1v) is 15.3. The average Bonchev–Trinajstić information content (AvgIpc) is 3.20. The molecule has 0 saturated carbocycles. The molecular weight excluding hydrogens is 576 g/mol. The summed E-state index contributed by atoms with van der Waals surface area (Å²) in [6, 6.07) is 12.6. The van der Waals surface area contributed by atoms with Gasteiger partial charge in [-0.25, -0.2) is 13.2 Å². The number of nitrogens with two attached hydrogens (primary N) is 1. The monoisotopic (exact) mass is 614 g/mol. The number of aromatic nitrogens is 2. The summed E-state index contributed by atoms with van der Waals surface area (Å²) >= 11 is 0. The van der Waals surface area contributed by atoms with Crippen molar-refractivity contribution < 1.29 is 32.1 Å². The van der Waals surface area contributed by atoms with Crippen LogP contribution in [0.1, 0.15) is 26.2 Å². The molecule has 1 aromatic heterocycles. The molecule has 232 valence electrons. The number of anilines is 1. The summed E-state index contributed by atoms with van der Waals surface area (Å²) < 4.78 is 61.3.